The third-order valence-corrected chi connectivity index (χ3v) is 4.94. The fraction of sp³-hybridized carbons (Fsp3) is 0.120. The molecule has 156 valence electrons. The summed E-state index contributed by atoms with van der Waals surface area (Å²) in [5, 5.41) is 12.6. The second kappa shape index (κ2) is 8.36. The summed E-state index contributed by atoms with van der Waals surface area (Å²) in [5.74, 6) is 0.675. The Bertz CT molecular complexity index is 1180. The van der Waals surface area contributed by atoms with Crippen molar-refractivity contribution in [3.05, 3.63) is 89.0 Å². The lowest BCUT2D eigenvalue weighted by Crippen LogP contribution is -2.24. The molecule has 1 aliphatic heterocycles. The summed E-state index contributed by atoms with van der Waals surface area (Å²) in [6, 6.07) is 19.0. The number of ether oxygens (including phenoxy) is 2. The Kier molecular flexibility index (Phi) is 5.45. The van der Waals surface area contributed by atoms with Gasteiger partial charge in [-0.3, -0.25) is 9.59 Å². The molecule has 6 nitrogen and oxygen atoms in total. The highest BCUT2D eigenvalue weighted by atomic mass is 16.5. The van der Waals surface area contributed by atoms with Crippen LogP contribution in [0.2, 0.25) is 0 Å². The first-order valence-corrected chi connectivity index (χ1v) is 9.72. The molecule has 0 aromatic heterocycles. The van der Waals surface area contributed by atoms with Crippen LogP contribution in [0, 0.1) is 0 Å². The van der Waals surface area contributed by atoms with Gasteiger partial charge in [0, 0.05) is 18.2 Å². The van der Waals surface area contributed by atoms with E-state index in [-0.39, 0.29) is 17.4 Å². The zero-order valence-electron chi connectivity index (χ0n) is 17.1. The van der Waals surface area contributed by atoms with Crippen molar-refractivity contribution >= 4 is 23.5 Å². The zero-order valence-corrected chi connectivity index (χ0v) is 17.1. The van der Waals surface area contributed by atoms with Crippen molar-refractivity contribution in [2.45, 2.75) is 13.0 Å². The van der Waals surface area contributed by atoms with E-state index in [1.165, 1.54) is 19.1 Å². The Morgan fingerprint density at radius 2 is 1.87 bits per heavy atom. The van der Waals surface area contributed by atoms with Gasteiger partial charge in [0.1, 0.15) is 17.2 Å². The molecule has 1 heterocycles. The third kappa shape index (κ3) is 4.28. The van der Waals surface area contributed by atoms with Gasteiger partial charge in [-0.15, -0.1) is 0 Å². The number of benzene rings is 3. The van der Waals surface area contributed by atoms with Gasteiger partial charge in [-0.05, 0) is 59.7 Å². The number of methoxy groups -OCH3 is 1. The molecule has 0 aliphatic carbocycles. The summed E-state index contributed by atoms with van der Waals surface area (Å²) in [6.07, 6.45) is 1.09. The highest BCUT2D eigenvalue weighted by molar-refractivity contribution is 6.15. The average molecular weight is 415 g/mol. The molecule has 31 heavy (non-hydrogen) atoms. The predicted molar refractivity (Wildman–Crippen MR) is 118 cm³/mol. The topological polar surface area (TPSA) is 84.9 Å². The maximum atomic E-state index is 13.4. The zero-order chi connectivity index (χ0) is 22.0. The molecule has 0 radical (unpaired) electrons. The van der Waals surface area contributed by atoms with Gasteiger partial charge in [0.05, 0.1) is 12.7 Å². The van der Waals surface area contributed by atoms with Gasteiger partial charge < -0.3 is 19.9 Å². The predicted octanol–water partition coefficient (Wildman–Crippen LogP) is 4.76. The molecular formula is C25H21NO5. The third-order valence-electron chi connectivity index (χ3n) is 4.94. The number of ketones is 1. The maximum Gasteiger partial charge on any atom is 0.221 e. The Balaban J connectivity index is 1.82. The fourth-order valence-electron chi connectivity index (χ4n) is 3.51. The number of carbonyl (C=O) groups is 2. The number of hydrogen-bond donors (Lipinski definition) is 2. The normalized spacial score (nSPS) is 16.4. The molecule has 0 spiro atoms. The van der Waals surface area contributed by atoms with Crippen molar-refractivity contribution in [1.82, 2.24) is 0 Å². The molecule has 6 heteroatoms. The summed E-state index contributed by atoms with van der Waals surface area (Å²) in [5.41, 5.74) is 2.86. The van der Waals surface area contributed by atoms with Crippen LogP contribution >= 0.6 is 0 Å². The van der Waals surface area contributed by atoms with Crippen LogP contribution in [-0.4, -0.2) is 23.9 Å². The number of nitrogens with one attached hydrogen (secondary N) is 1. The molecule has 0 saturated heterocycles. The van der Waals surface area contributed by atoms with Crippen molar-refractivity contribution < 1.29 is 24.2 Å². The van der Waals surface area contributed by atoms with E-state index in [1.54, 1.807) is 37.5 Å². The first-order chi connectivity index (χ1) is 14.9. The van der Waals surface area contributed by atoms with Gasteiger partial charge in [0.25, 0.3) is 0 Å². The van der Waals surface area contributed by atoms with Gasteiger partial charge in [0.15, 0.2) is 11.9 Å². The van der Waals surface area contributed by atoms with Crippen LogP contribution < -0.4 is 14.8 Å². The molecule has 2 N–H and O–H groups in total. The molecule has 0 bridgehead atoms. The first-order valence-electron chi connectivity index (χ1n) is 9.72. The number of amides is 1. The molecular weight excluding hydrogens is 394 g/mol. The largest absolute Gasteiger partial charge is 0.508 e. The van der Waals surface area contributed by atoms with Crippen molar-refractivity contribution in [2.75, 3.05) is 12.4 Å². The SMILES string of the molecule is COc1ccc(C=C2C(=O)c3cc(O)ccc3OC2c2cccc(NC(C)=O)c2)cc1. The Morgan fingerprint density at radius 1 is 1.10 bits per heavy atom. The number of phenolic OH excluding ortho intramolecular Hbond substituents is 1. The number of rotatable bonds is 4. The highest BCUT2D eigenvalue weighted by Crippen LogP contribution is 2.41. The van der Waals surface area contributed by atoms with Crippen LogP contribution in [0.1, 0.15) is 34.5 Å². The highest BCUT2D eigenvalue weighted by Gasteiger charge is 2.33. The number of anilines is 1. The van der Waals surface area contributed by atoms with Crippen LogP contribution in [0.15, 0.2) is 72.3 Å². The summed E-state index contributed by atoms with van der Waals surface area (Å²) in [4.78, 5) is 24.9. The second-order valence-electron chi connectivity index (χ2n) is 7.19. The molecule has 3 aromatic carbocycles. The van der Waals surface area contributed by atoms with E-state index in [2.05, 4.69) is 5.32 Å². The smallest absolute Gasteiger partial charge is 0.221 e. The number of fused-ring (bicyclic) bond motifs is 1. The number of hydrogen-bond acceptors (Lipinski definition) is 5. The lowest BCUT2D eigenvalue weighted by Gasteiger charge is -2.28. The Hall–Kier alpha value is -4.06. The quantitative estimate of drug-likeness (QED) is 0.600. The molecule has 1 amide bonds. The van der Waals surface area contributed by atoms with Gasteiger partial charge in [0.2, 0.25) is 5.91 Å². The minimum Gasteiger partial charge on any atom is -0.508 e. The van der Waals surface area contributed by atoms with Crippen LogP contribution in [0.25, 0.3) is 6.08 Å². The van der Waals surface area contributed by atoms with Gasteiger partial charge in [-0.25, -0.2) is 0 Å². The van der Waals surface area contributed by atoms with Crippen molar-refractivity contribution in [2.24, 2.45) is 0 Å². The van der Waals surface area contributed by atoms with E-state index in [0.29, 0.717) is 28.3 Å². The van der Waals surface area contributed by atoms with E-state index >= 15 is 0 Å². The lowest BCUT2D eigenvalue weighted by molar-refractivity contribution is -0.114. The summed E-state index contributed by atoms with van der Waals surface area (Å²) >= 11 is 0. The Labute approximate surface area is 179 Å². The summed E-state index contributed by atoms with van der Waals surface area (Å²) in [7, 11) is 1.59. The second-order valence-corrected chi connectivity index (χ2v) is 7.19. The summed E-state index contributed by atoms with van der Waals surface area (Å²) in [6.45, 7) is 1.44. The first kappa shape index (κ1) is 20.2. The number of carbonyl (C=O) groups excluding carboxylic acids is 2. The van der Waals surface area contributed by atoms with Crippen LogP contribution in [0.5, 0.6) is 17.2 Å². The van der Waals surface area contributed by atoms with Crippen LogP contribution in [-0.2, 0) is 4.79 Å². The van der Waals surface area contributed by atoms with Crippen LogP contribution in [0.4, 0.5) is 5.69 Å². The monoisotopic (exact) mass is 415 g/mol. The molecule has 0 fully saturated rings. The molecule has 0 saturated carbocycles. The Morgan fingerprint density at radius 3 is 2.58 bits per heavy atom. The minimum absolute atomic E-state index is 0.00870. The van der Waals surface area contributed by atoms with Crippen LogP contribution in [0.3, 0.4) is 0 Å². The molecule has 1 aliphatic rings. The fourth-order valence-corrected chi connectivity index (χ4v) is 3.51. The minimum atomic E-state index is -0.680. The van der Waals surface area contributed by atoms with E-state index in [1.807, 2.05) is 30.3 Å². The average Bonchev–Trinajstić information content (AvgIpc) is 2.76. The van der Waals surface area contributed by atoms with E-state index < -0.39 is 6.10 Å². The standard InChI is InChI=1S/C25H21NO5/c1-15(27)26-18-5-3-4-17(13-18)25-22(12-16-6-9-20(30-2)10-7-16)24(29)21-14-19(28)8-11-23(21)31-25/h3-14,25,28H,1-2H3,(H,26,27). The van der Waals surface area contributed by atoms with E-state index in [9.17, 15) is 14.7 Å². The molecule has 4 rings (SSSR count). The number of phenols is 1. The number of aromatic hydroxyl groups is 1. The molecule has 1 atom stereocenters. The molecule has 3 aromatic rings. The van der Waals surface area contributed by atoms with Crippen molar-refractivity contribution in [3.63, 3.8) is 0 Å². The van der Waals surface area contributed by atoms with Gasteiger partial charge in [-0.1, -0.05) is 24.3 Å². The van der Waals surface area contributed by atoms with Crippen molar-refractivity contribution in [1.29, 1.82) is 0 Å². The number of Topliss-reactive ketones (excluding diaryl/α,β-unsaturated/α-hetero) is 1. The summed E-state index contributed by atoms with van der Waals surface area (Å²) < 4.78 is 11.4. The maximum absolute atomic E-state index is 13.4. The van der Waals surface area contributed by atoms with Gasteiger partial charge in [-0.2, -0.15) is 0 Å². The van der Waals surface area contributed by atoms with Gasteiger partial charge >= 0.3 is 0 Å². The lowest BCUT2D eigenvalue weighted by atomic mass is 9.89. The van der Waals surface area contributed by atoms with E-state index in [4.69, 9.17) is 9.47 Å². The van der Waals surface area contributed by atoms with E-state index in [0.717, 1.165) is 11.1 Å². The molecule has 1 unspecified atom stereocenters. The van der Waals surface area contributed by atoms with Crippen molar-refractivity contribution in [3.8, 4) is 17.2 Å².